The van der Waals surface area contributed by atoms with Crippen LogP contribution in [0.25, 0.3) is 11.3 Å². The van der Waals surface area contributed by atoms with Gasteiger partial charge in [-0.3, -0.25) is 4.98 Å². The van der Waals surface area contributed by atoms with Crippen molar-refractivity contribution in [2.75, 3.05) is 0 Å². The van der Waals surface area contributed by atoms with Crippen molar-refractivity contribution in [2.24, 2.45) is 0 Å². The first-order valence-electron chi connectivity index (χ1n) is 7.92. The van der Waals surface area contributed by atoms with E-state index in [9.17, 15) is 8.42 Å². The number of sulfonamides is 1. The summed E-state index contributed by atoms with van der Waals surface area (Å²) < 4.78 is 33.5. The summed E-state index contributed by atoms with van der Waals surface area (Å²) in [6.45, 7) is 5.74. The molecule has 3 rings (SSSR count). The Bertz CT molecular complexity index is 970. The summed E-state index contributed by atoms with van der Waals surface area (Å²) in [5.74, 6) is 0.697. The fourth-order valence-electron chi connectivity index (χ4n) is 3.00. The summed E-state index contributed by atoms with van der Waals surface area (Å²) in [7, 11) is -3.60. The molecule has 1 aromatic carbocycles. The maximum atomic E-state index is 12.7. The van der Waals surface area contributed by atoms with Crippen molar-refractivity contribution in [1.82, 2.24) is 9.71 Å². The summed E-state index contributed by atoms with van der Waals surface area (Å²) >= 11 is 0. The summed E-state index contributed by atoms with van der Waals surface area (Å²) in [6, 6.07) is 9.25. The molecule has 0 aliphatic rings. The number of aryl methyl sites for hydroxylation is 3. The van der Waals surface area contributed by atoms with E-state index >= 15 is 0 Å². The number of hydrogen-bond donors (Lipinski definition) is 1. The van der Waals surface area contributed by atoms with Crippen LogP contribution in [-0.4, -0.2) is 13.4 Å². The molecule has 0 spiro atoms. The van der Waals surface area contributed by atoms with E-state index in [2.05, 4.69) is 9.71 Å². The number of hydrogen-bond acceptors (Lipinski definition) is 4. The van der Waals surface area contributed by atoms with Crippen molar-refractivity contribution in [1.29, 1.82) is 0 Å². The van der Waals surface area contributed by atoms with Crippen LogP contribution in [0, 0.1) is 20.8 Å². The van der Waals surface area contributed by atoms with Gasteiger partial charge in [0.05, 0.1) is 11.2 Å². The Labute approximate surface area is 147 Å². The molecular weight excluding hydrogens is 336 g/mol. The minimum atomic E-state index is -3.60. The van der Waals surface area contributed by atoms with Crippen LogP contribution in [0.5, 0.6) is 0 Å². The summed E-state index contributed by atoms with van der Waals surface area (Å²) in [4.78, 5) is 4.51. The highest BCUT2D eigenvalue weighted by Crippen LogP contribution is 2.23. The highest BCUT2D eigenvalue weighted by molar-refractivity contribution is 7.89. The Balaban J connectivity index is 1.83. The second kappa shape index (κ2) is 6.82. The van der Waals surface area contributed by atoms with E-state index in [-0.39, 0.29) is 6.54 Å². The van der Waals surface area contributed by atoms with E-state index in [1.54, 1.807) is 24.7 Å². The summed E-state index contributed by atoms with van der Waals surface area (Å²) in [5.41, 5.74) is 4.11. The molecule has 0 atom stereocenters. The zero-order valence-electron chi connectivity index (χ0n) is 14.4. The van der Waals surface area contributed by atoms with E-state index in [0.717, 1.165) is 27.8 Å². The first-order valence-corrected chi connectivity index (χ1v) is 9.40. The van der Waals surface area contributed by atoms with Gasteiger partial charge in [0.1, 0.15) is 5.76 Å². The molecule has 2 heterocycles. The molecule has 130 valence electrons. The highest BCUT2D eigenvalue weighted by atomic mass is 32.2. The molecule has 2 aromatic heterocycles. The van der Waals surface area contributed by atoms with E-state index < -0.39 is 10.0 Å². The maximum absolute atomic E-state index is 12.7. The van der Waals surface area contributed by atoms with Crippen molar-refractivity contribution >= 4 is 10.0 Å². The van der Waals surface area contributed by atoms with Gasteiger partial charge in [0, 0.05) is 24.5 Å². The maximum Gasteiger partial charge on any atom is 0.241 e. The first-order chi connectivity index (χ1) is 11.9. The van der Waals surface area contributed by atoms with Crippen LogP contribution >= 0.6 is 0 Å². The van der Waals surface area contributed by atoms with Gasteiger partial charge in [-0.05, 0) is 55.7 Å². The molecule has 0 fully saturated rings. The number of furan rings is 1. The number of nitrogens with one attached hydrogen (secondary N) is 1. The normalized spacial score (nSPS) is 11.6. The van der Waals surface area contributed by atoms with Crippen LogP contribution in [0.1, 0.15) is 22.3 Å². The predicted molar refractivity (Wildman–Crippen MR) is 96.6 cm³/mol. The third-order valence-electron chi connectivity index (χ3n) is 3.94. The molecule has 0 unspecified atom stereocenters. The highest BCUT2D eigenvalue weighted by Gasteiger charge is 2.19. The molecule has 0 aliphatic carbocycles. The summed E-state index contributed by atoms with van der Waals surface area (Å²) in [5, 5.41) is 0. The predicted octanol–water partition coefficient (Wildman–Crippen LogP) is 3.75. The first kappa shape index (κ1) is 17.4. The molecule has 6 heteroatoms. The van der Waals surface area contributed by atoms with Crippen LogP contribution in [-0.2, 0) is 16.6 Å². The number of aromatic nitrogens is 1. The van der Waals surface area contributed by atoms with Crippen LogP contribution in [0.4, 0.5) is 0 Å². The van der Waals surface area contributed by atoms with Crippen LogP contribution < -0.4 is 4.72 Å². The number of nitrogens with zero attached hydrogens (tertiary/aromatic N) is 1. The average Bonchev–Trinajstić information content (AvgIpc) is 3.06. The van der Waals surface area contributed by atoms with Crippen LogP contribution in [0.2, 0.25) is 0 Å². The molecule has 25 heavy (non-hydrogen) atoms. The number of pyridine rings is 1. The van der Waals surface area contributed by atoms with Crippen molar-refractivity contribution in [2.45, 2.75) is 32.2 Å². The lowest BCUT2D eigenvalue weighted by Gasteiger charge is -2.13. The Morgan fingerprint density at radius 3 is 2.44 bits per heavy atom. The van der Waals surface area contributed by atoms with Gasteiger partial charge in [0.15, 0.2) is 0 Å². The summed E-state index contributed by atoms with van der Waals surface area (Å²) in [6.07, 6.45) is 4.92. The smallest absolute Gasteiger partial charge is 0.241 e. The Hall–Kier alpha value is -2.44. The van der Waals surface area contributed by atoms with Gasteiger partial charge in [-0.1, -0.05) is 17.7 Å². The van der Waals surface area contributed by atoms with E-state index in [4.69, 9.17) is 4.42 Å². The topological polar surface area (TPSA) is 72.2 Å². The molecule has 0 saturated carbocycles. The number of benzene rings is 1. The standard InChI is InChI=1S/C19H20N2O3S/c1-13-7-14(2)19(15(3)8-13)25(22,23)21-11-16-9-17(12-20-10-16)18-5-4-6-24-18/h4-10,12,21H,11H2,1-3H3. The Kier molecular flexibility index (Phi) is 4.74. The van der Waals surface area contributed by atoms with Crippen LogP contribution in [0.15, 0.2) is 58.3 Å². The molecule has 0 radical (unpaired) electrons. The third-order valence-corrected chi connectivity index (χ3v) is 5.65. The van der Waals surface area contributed by atoms with E-state index in [1.165, 1.54) is 0 Å². The van der Waals surface area contributed by atoms with Crippen molar-refractivity contribution in [3.8, 4) is 11.3 Å². The van der Waals surface area contributed by atoms with Crippen molar-refractivity contribution < 1.29 is 12.8 Å². The minimum absolute atomic E-state index is 0.163. The molecule has 1 N–H and O–H groups in total. The van der Waals surface area contributed by atoms with Gasteiger partial charge in [-0.15, -0.1) is 0 Å². The molecule has 0 amide bonds. The SMILES string of the molecule is Cc1cc(C)c(S(=O)(=O)NCc2cncc(-c3ccco3)c2)c(C)c1. The van der Waals surface area contributed by atoms with Crippen molar-refractivity contribution in [3.05, 3.63) is 71.2 Å². The second-order valence-corrected chi connectivity index (χ2v) is 7.82. The van der Waals surface area contributed by atoms with Crippen molar-refractivity contribution in [3.63, 3.8) is 0 Å². The fraction of sp³-hybridized carbons (Fsp3) is 0.211. The van der Waals surface area contributed by atoms with Gasteiger partial charge in [-0.2, -0.15) is 0 Å². The van der Waals surface area contributed by atoms with Gasteiger partial charge in [0.2, 0.25) is 10.0 Å². The van der Waals surface area contributed by atoms with E-state index in [0.29, 0.717) is 10.7 Å². The average molecular weight is 356 g/mol. The van der Waals surface area contributed by atoms with E-state index in [1.807, 2.05) is 45.0 Å². The quantitative estimate of drug-likeness (QED) is 0.756. The van der Waals surface area contributed by atoms with Gasteiger partial charge >= 0.3 is 0 Å². The molecule has 5 nitrogen and oxygen atoms in total. The fourth-order valence-corrected chi connectivity index (χ4v) is 4.47. The molecule has 3 aromatic rings. The zero-order chi connectivity index (χ0) is 18.0. The largest absolute Gasteiger partial charge is 0.464 e. The van der Waals surface area contributed by atoms with Gasteiger partial charge in [0.25, 0.3) is 0 Å². The lowest BCUT2D eigenvalue weighted by atomic mass is 10.1. The second-order valence-electron chi connectivity index (χ2n) is 6.11. The molecular formula is C19H20N2O3S. The monoisotopic (exact) mass is 356 g/mol. The lowest BCUT2D eigenvalue weighted by molar-refractivity contribution is 0.579. The van der Waals surface area contributed by atoms with Crippen LogP contribution in [0.3, 0.4) is 0 Å². The van der Waals surface area contributed by atoms with Gasteiger partial charge < -0.3 is 4.42 Å². The molecule has 0 saturated heterocycles. The number of rotatable bonds is 5. The third kappa shape index (κ3) is 3.81. The molecule has 0 bridgehead atoms. The minimum Gasteiger partial charge on any atom is -0.464 e. The lowest BCUT2D eigenvalue weighted by Crippen LogP contribution is -2.25. The Morgan fingerprint density at radius 2 is 1.80 bits per heavy atom. The zero-order valence-corrected chi connectivity index (χ0v) is 15.2. The molecule has 0 aliphatic heterocycles. The van der Waals surface area contributed by atoms with Gasteiger partial charge in [-0.25, -0.2) is 13.1 Å². The Morgan fingerprint density at radius 1 is 1.08 bits per heavy atom.